The lowest BCUT2D eigenvalue weighted by Gasteiger charge is -2.14. The molecule has 1 N–H and O–H groups in total. The zero-order valence-electron chi connectivity index (χ0n) is 14.3. The van der Waals surface area contributed by atoms with Gasteiger partial charge in [0, 0.05) is 18.8 Å². The van der Waals surface area contributed by atoms with Gasteiger partial charge >= 0.3 is 6.18 Å². The number of likely N-dealkylation sites (N-methyl/N-ethyl adjacent to an activating group) is 1. The SMILES string of the molecule is CN(CC(=O)Nc1ccc(F)cc1)C(=O)/C=C/c1ccc(C(F)(F)F)cc1. The van der Waals surface area contributed by atoms with Crippen LogP contribution < -0.4 is 5.32 Å². The van der Waals surface area contributed by atoms with Crippen molar-refractivity contribution in [3.63, 3.8) is 0 Å². The molecule has 0 aliphatic carbocycles. The number of halogens is 4. The molecule has 0 bridgehead atoms. The van der Waals surface area contributed by atoms with Crippen molar-refractivity contribution >= 4 is 23.6 Å². The summed E-state index contributed by atoms with van der Waals surface area (Å²) in [5.74, 6) is -1.40. The van der Waals surface area contributed by atoms with Crippen molar-refractivity contribution in [1.82, 2.24) is 4.90 Å². The summed E-state index contributed by atoms with van der Waals surface area (Å²) in [4.78, 5) is 25.0. The third-order valence-electron chi connectivity index (χ3n) is 3.54. The third kappa shape index (κ3) is 6.25. The highest BCUT2D eigenvalue weighted by molar-refractivity contribution is 5.97. The van der Waals surface area contributed by atoms with Crippen molar-refractivity contribution in [2.24, 2.45) is 0 Å². The first kappa shape index (κ1) is 20.2. The summed E-state index contributed by atoms with van der Waals surface area (Å²) in [5, 5.41) is 2.52. The van der Waals surface area contributed by atoms with Gasteiger partial charge in [-0.1, -0.05) is 12.1 Å². The predicted molar refractivity (Wildman–Crippen MR) is 93.1 cm³/mol. The first-order valence-electron chi connectivity index (χ1n) is 7.81. The van der Waals surface area contributed by atoms with E-state index in [-0.39, 0.29) is 6.54 Å². The topological polar surface area (TPSA) is 49.4 Å². The molecule has 0 aliphatic rings. The predicted octanol–water partition coefficient (Wildman–Crippen LogP) is 3.95. The molecule has 8 heteroatoms. The van der Waals surface area contributed by atoms with Gasteiger partial charge < -0.3 is 10.2 Å². The molecule has 0 radical (unpaired) electrons. The van der Waals surface area contributed by atoms with Gasteiger partial charge in [-0.3, -0.25) is 9.59 Å². The quantitative estimate of drug-likeness (QED) is 0.631. The maximum absolute atomic E-state index is 12.8. The lowest BCUT2D eigenvalue weighted by atomic mass is 10.1. The minimum atomic E-state index is -4.42. The summed E-state index contributed by atoms with van der Waals surface area (Å²) in [6, 6.07) is 9.49. The summed E-state index contributed by atoms with van der Waals surface area (Å²) in [5.41, 5.74) is 0.0311. The lowest BCUT2D eigenvalue weighted by molar-refractivity contribution is -0.137. The van der Waals surface area contributed by atoms with Crippen molar-refractivity contribution in [3.05, 3.63) is 71.6 Å². The van der Waals surface area contributed by atoms with Gasteiger partial charge in [-0.25, -0.2) is 4.39 Å². The Hall–Kier alpha value is -3.16. The van der Waals surface area contributed by atoms with Gasteiger partial charge in [-0.05, 0) is 48.0 Å². The average Bonchev–Trinajstić information content (AvgIpc) is 2.61. The largest absolute Gasteiger partial charge is 0.416 e. The fourth-order valence-corrected chi connectivity index (χ4v) is 2.11. The number of benzene rings is 2. The summed E-state index contributed by atoms with van der Waals surface area (Å²) in [7, 11) is 1.41. The molecule has 0 aliphatic heterocycles. The number of nitrogens with zero attached hydrogens (tertiary/aromatic N) is 1. The van der Waals surface area contributed by atoms with Crippen LogP contribution in [-0.4, -0.2) is 30.3 Å². The van der Waals surface area contributed by atoms with Crippen LogP contribution in [0.15, 0.2) is 54.6 Å². The molecule has 2 aromatic rings. The maximum Gasteiger partial charge on any atom is 0.416 e. The minimum Gasteiger partial charge on any atom is -0.333 e. The number of rotatable bonds is 5. The first-order valence-corrected chi connectivity index (χ1v) is 7.81. The van der Waals surface area contributed by atoms with Gasteiger partial charge in [0.25, 0.3) is 0 Å². The zero-order chi connectivity index (χ0) is 20.0. The van der Waals surface area contributed by atoms with Crippen LogP contribution in [0.3, 0.4) is 0 Å². The Morgan fingerprint density at radius 2 is 1.63 bits per heavy atom. The highest BCUT2D eigenvalue weighted by Crippen LogP contribution is 2.29. The number of carbonyl (C=O) groups is 2. The number of nitrogens with one attached hydrogen (secondary N) is 1. The van der Waals surface area contributed by atoms with Crippen molar-refractivity contribution in [1.29, 1.82) is 0 Å². The van der Waals surface area contributed by atoms with E-state index in [1.165, 1.54) is 49.5 Å². The summed E-state index contributed by atoms with van der Waals surface area (Å²) >= 11 is 0. The van der Waals surface area contributed by atoms with Crippen LogP contribution in [0.4, 0.5) is 23.2 Å². The first-order chi connectivity index (χ1) is 12.6. The number of amides is 2. The molecule has 4 nitrogen and oxygen atoms in total. The fraction of sp³-hybridized carbons (Fsp3) is 0.158. The van der Waals surface area contributed by atoms with Crippen LogP contribution in [0.2, 0.25) is 0 Å². The van der Waals surface area contributed by atoms with E-state index >= 15 is 0 Å². The molecule has 0 aromatic heterocycles. The molecule has 0 atom stereocenters. The maximum atomic E-state index is 12.8. The Bertz CT molecular complexity index is 828. The average molecular weight is 380 g/mol. The van der Waals surface area contributed by atoms with Crippen molar-refractivity contribution in [3.8, 4) is 0 Å². The van der Waals surface area contributed by atoms with Crippen LogP contribution in [0.1, 0.15) is 11.1 Å². The second kappa shape index (κ2) is 8.48. The zero-order valence-corrected chi connectivity index (χ0v) is 14.3. The van der Waals surface area contributed by atoms with Gasteiger partial charge in [0.2, 0.25) is 11.8 Å². The van der Waals surface area contributed by atoms with E-state index in [2.05, 4.69) is 5.32 Å². The van der Waals surface area contributed by atoms with Gasteiger partial charge in [-0.2, -0.15) is 13.2 Å². The summed E-state index contributed by atoms with van der Waals surface area (Å²) in [6.45, 7) is -0.242. The van der Waals surface area contributed by atoms with E-state index in [0.717, 1.165) is 23.1 Å². The Morgan fingerprint density at radius 3 is 2.19 bits per heavy atom. The van der Waals surface area contributed by atoms with E-state index in [1.807, 2.05) is 0 Å². The van der Waals surface area contributed by atoms with E-state index in [9.17, 15) is 27.2 Å². The van der Waals surface area contributed by atoms with Crippen molar-refractivity contribution < 1.29 is 27.2 Å². The molecule has 2 amide bonds. The van der Waals surface area contributed by atoms with E-state index < -0.39 is 29.4 Å². The van der Waals surface area contributed by atoms with Gasteiger partial charge in [0.15, 0.2) is 0 Å². The third-order valence-corrected chi connectivity index (χ3v) is 3.54. The number of carbonyl (C=O) groups excluding carboxylic acids is 2. The molecule has 142 valence electrons. The van der Waals surface area contributed by atoms with Gasteiger partial charge in [0.1, 0.15) is 5.82 Å². The molecule has 0 spiro atoms. The molecule has 2 aromatic carbocycles. The normalized spacial score (nSPS) is 11.4. The number of hydrogen-bond donors (Lipinski definition) is 1. The Balaban J connectivity index is 1.89. The summed E-state index contributed by atoms with van der Waals surface area (Å²) < 4.78 is 50.3. The van der Waals surface area contributed by atoms with Gasteiger partial charge in [0.05, 0.1) is 12.1 Å². The van der Waals surface area contributed by atoms with Crippen LogP contribution >= 0.6 is 0 Å². The Kier molecular flexibility index (Phi) is 6.33. The Labute approximate surface area is 153 Å². The molecule has 27 heavy (non-hydrogen) atoms. The van der Waals surface area contributed by atoms with Crippen LogP contribution in [0.25, 0.3) is 6.08 Å². The molecular weight excluding hydrogens is 364 g/mol. The van der Waals surface area contributed by atoms with Crippen LogP contribution in [0.5, 0.6) is 0 Å². The van der Waals surface area contributed by atoms with E-state index in [4.69, 9.17) is 0 Å². The van der Waals surface area contributed by atoms with Crippen LogP contribution in [0, 0.1) is 5.82 Å². The smallest absolute Gasteiger partial charge is 0.333 e. The lowest BCUT2D eigenvalue weighted by Crippen LogP contribution is -2.33. The molecule has 0 fully saturated rings. The van der Waals surface area contributed by atoms with Crippen LogP contribution in [-0.2, 0) is 15.8 Å². The number of alkyl halides is 3. The molecule has 2 rings (SSSR count). The molecule has 0 unspecified atom stereocenters. The second-order valence-electron chi connectivity index (χ2n) is 5.70. The monoisotopic (exact) mass is 380 g/mol. The second-order valence-corrected chi connectivity index (χ2v) is 5.70. The highest BCUT2D eigenvalue weighted by atomic mass is 19.4. The van der Waals surface area contributed by atoms with Crippen molar-refractivity contribution in [2.45, 2.75) is 6.18 Å². The standard InChI is InChI=1S/C19H16F4N2O2/c1-25(12-17(26)24-16-9-7-15(20)8-10-16)18(27)11-4-13-2-5-14(6-3-13)19(21,22)23/h2-11H,12H2,1H3,(H,24,26)/b11-4+. The molecule has 0 saturated heterocycles. The molecule has 0 heterocycles. The summed E-state index contributed by atoms with van der Waals surface area (Å²) in [6.07, 6.45) is -1.90. The molecule has 0 saturated carbocycles. The molecular formula is C19H16F4N2O2. The van der Waals surface area contributed by atoms with E-state index in [1.54, 1.807) is 0 Å². The minimum absolute atomic E-state index is 0.242. The Morgan fingerprint density at radius 1 is 1.04 bits per heavy atom. The highest BCUT2D eigenvalue weighted by Gasteiger charge is 2.29. The van der Waals surface area contributed by atoms with Crippen molar-refractivity contribution in [2.75, 3.05) is 18.9 Å². The fourth-order valence-electron chi connectivity index (χ4n) is 2.11. The van der Waals surface area contributed by atoms with E-state index in [0.29, 0.717) is 11.3 Å². The number of hydrogen-bond acceptors (Lipinski definition) is 2. The number of anilines is 1. The van der Waals surface area contributed by atoms with Gasteiger partial charge in [-0.15, -0.1) is 0 Å².